The molecule has 1 aliphatic rings. The summed E-state index contributed by atoms with van der Waals surface area (Å²) in [4.78, 5) is -0.515. The van der Waals surface area contributed by atoms with E-state index in [0.717, 1.165) is 12.1 Å². The van der Waals surface area contributed by atoms with E-state index in [1.165, 1.54) is 18.2 Å². The van der Waals surface area contributed by atoms with Gasteiger partial charge in [0.2, 0.25) is 0 Å². The summed E-state index contributed by atoms with van der Waals surface area (Å²) in [7, 11) is 0. The minimum atomic E-state index is -4.71. The van der Waals surface area contributed by atoms with Crippen LogP contribution >= 0.6 is 23.4 Å². The Morgan fingerprint density at radius 2 is 1.96 bits per heavy atom. The Morgan fingerprint density at radius 3 is 2.59 bits per heavy atom. The Kier molecular flexibility index (Phi) is 5.01. The van der Waals surface area contributed by atoms with E-state index in [1.54, 1.807) is 0 Å². The molecular formula is C17H9ClF5NO2S. The van der Waals surface area contributed by atoms with Crippen molar-refractivity contribution in [2.45, 2.75) is 28.9 Å². The number of fused-ring (bicyclic) bond motifs is 1. The summed E-state index contributed by atoms with van der Waals surface area (Å²) in [5.74, 6) is -3.71. The van der Waals surface area contributed by atoms with Gasteiger partial charge in [-0.1, -0.05) is 11.6 Å². The number of benzene rings is 2. The number of thioether (sulfide) groups is 1. The zero-order valence-electron chi connectivity index (χ0n) is 13.1. The first-order chi connectivity index (χ1) is 12.5. The van der Waals surface area contributed by atoms with Crippen molar-refractivity contribution in [1.29, 1.82) is 5.26 Å². The molecule has 0 unspecified atom stereocenters. The van der Waals surface area contributed by atoms with E-state index in [2.05, 4.69) is 0 Å². The molecule has 1 N–H and O–H groups in total. The van der Waals surface area contributed by atoms with Gasteiger partial charge in [-0.05, 0) is 42.1 Å². The van der Waals surface area contributed by atoms with Crippen LogP contribution in [0, 0.1) is 11.3 Å². The average molecular weight is 422 g/mol. The van der Waals surface area contributed by atoms with Crippen LogP contribution in [-0.2, 0) is 6.42 Å². The Bertz CT molecular complexity index is 942. The number of alkyl halides is 5. The van der Waals surface area contributed by atoms with Gasteiger partial charge in [0.05, 0.1) is 11.6 Å². The third kappa shape index (κ3) is 4.13. The first-order valence-corrected chi connectivity index (χ1v) is 8.55. The van der Waals surface area contributed by atoms with E-state index in [9.17, 15) is 27.1 Å². The molecule has 2 aromatic carbocycles. The third-order valence-electron chi connectivity index (χ3n) is 3.81. The first kappa shape index (κ1) is 19.7. The molecule has 142 valence electrons. The molecule has 1 aliphatic carbocycles. The smallest absolute Gasteiger partial charge is 0.446 e. The predicted octanol–water partition coefficient (Wildman–Crippen LogP) is 5.84. The zero-order chi connectivity index (χ0) is 20.0. The van der Waals surface area contributed by atoms with Gasteiger partial charge >= 0.3 is 5.51 Å². The van der Waals surface area contributed by atoms with Crippen LogP contribution in [0.2, 0.25) is 5.02 Å². The third-order valence-corrected chi connectivity index (χ3v) is 4.84. The van der Waals surface area contributed by atoms with Crippen molar-refractivity contribution in [3.8, 4) is 17.6 Å². The van der Waals surface area contributed by atoms with Crippen molar-refractivity contribution in [3.63, 3.8) is 0 Å². The zero-order valence-corrected chi connectivity index (χ0v) is 14.7. The minimum absolute atomic E-state index is 0.0576. The molecule has 27 heavy (non-hydrogen) atoms. The van der Waals surface area contributed by atoms with Gasteiger partial charge in [-0.3, -0.25) is 0 Å². The molecule has 0 saturated carbocycles. The van der Waals surface area contributed by atoms with Crippen molar-refractivity contribution < 1.29 is 31.8 Å². The van der Waals surface area contributed by atoms with Crippen molar-refractivity contribution in [1.82, 2.24) is 0 Å². The van der Waals surface area contributed by atoms with Gasteiger partial charge in [0.25, 0.3) is 5.92 Å². The molecule has 0 saturated heterocycles. The highest BCUT2D eigenvalue weighted by molar-refractivity contribution is 8.00. The normalized spacial score (nSPS) is 18.1. The number of halogens is 6. The van der Waals surface area contributed by atoms with Gasteiger partial charge in [0.1, 0.15) is 17.6 Å². The van der Waals surface area contributed by atoms with Crippen molar-refractivity contribution >= 4 is 23.4 Å². The lowest BCUT2D eigenvalue weighted by molar-refractivity contribution is -0.0977. The van der Waals surface area contributed by atoms with Crippen LogP contribution in [0.1, 0.15) is 22.8 Å². The molecule has 0 spiro atoms. The number of nitriles is 1. The molecule has 0 fully saturated rings. The van der Waals surface area contributed by atoms with E-state index < -0.39 is 46.2 Å². The minimum Gasteiger partial charge on any atom is -0.457 e. The SMILES string of the molecule is N#Cc1cc(Cl)cc(Oc2ccc(SC(F)(F)F)c3c2CC(F)(F)[C@H]3O)c1. The number of hydrogen-bond acceptors (Lipinski definition) is 4. The summed E-state index contributed by atoms with van der Waals surface area (Å²) in [6.07, 6.45) is -3.36. The van der Waals surface area contributed by atoms with Crippen LogP contribution in [0.25, 0.3) is 0 Å². The van der Waals surface area contributed by atoms with Crippen molar-refractivity contribution in [2.75, 3.05) is 0 Å². The van der Waals surface area contributed by atoms with Crippen LogP contribution in [-0.4, -0.2) is 16.5 Å². The lowest BCUT2D eigenvalue weighted by Crippen LogP contribution is -2.21. The molecule has 0 aliphatic heterocycles. The monoisotopic (exact) mass is 421 g/mol. The molecule has 0 bridgehead atoms. The lowest BCUT2D eigenvalue weighted by Gasteiger charge is -2.17. The fourth-order valence-electron chi connectivity index (χ4n) is 2.77. The largest absolute Gasteiger partial charge is 0.457 e. The Morgan fingerprint density at radius 1 is 1.26 bits per heavy atom. The molecule has 0 radical (unpaired) electrons. The number of aliphatic hydroxyl groups is 1. The summed E-state index contributed by atoms with van der Waals surface area (Å²) < 4.78 is 71.6. The van der Waals surface area contributed by atoms with Gasteiger partial charge in [-0.2, -0.15) is 18.4 Å². The summed E-state index contributed by atoms with van der Waals surface area (Å²) in [6, 6.07) is 7.93. The fourth-order valence-corrected chi connectivity index (χ4v) is 3.73. The Labute approximate surface area is 159 Å². The Balaban J connectivity index is 2.07. The molecule has 0 amide bonds. The Hall–Kier alpha value is -2.02. The number of nitrogens with zero attached hydrogens (tertiary/aromatic N) is 1. The number of ether oxygens (including phenoxy) is 1. The summed E-state index contributed by atoms with van der Waals surface area (Å²) in [6.45, 7) is 0. The molecule has 10 heteroatoms. The van der Waals surface area contributed by atoms with Crippen LogP contribution < -0.4 is 4.74 Å². The van der Waals surface area contributed by atoms with E-state index in [0.29, 0.717) is 0 Å². The highest BCUT2D eigenvalue weighted by Crippen LogP contribution is 2.52. The molecule has 0 heterocycles. The van der Waals surface area contributed by atoms with Crippen LogP contribution in [0.15, 0.2) is 35.2 Å². The summed E-state index contributed by atoms with van der Waals surface area (Å²) >= 11 is 5.28. The van der Waals surface area contributed by atoms with Crippen molar-refractivity contribution in [3.05, 3.63) is 52.0 Å². The number of aliphatic hydroxyl groups excluding tert-OH is 1. The van der Waals surface area contributed by atoms with Gasteiger partial charge in [0, 0.05) is 27.5 Å². The molecule has 2 aromatic rings. The van der Waals surface area contributed by atoms with Gasteiger partial charge in [-0.25, -0.2) is 8.78 Å². The van der Waals surface area contributed by atoms with Crippen LogP contribution in [0.5, 0.6) is 11.5 Å². The maximum Gasteiger partial charge on any atom is 0.446 e. The standard InChI is InChI=1S/C17H9ClF5NO2S/c18-9-3-8(7-24)4-10(5-9)26-12-1-2-13(27-17(21,22)23)14-11(12)6-16(19,20)15(14)25/h1-5,15,25H,6H2/t15-/m0/s1. The second-order valence-electron chi connectivity index (χ2n) is 5.73. The maximum absolute atomic E-state index is 14.0. The first-order valence-electron chi connectivity index (χ1n) is 7.36. The summed E-state index contributed by atoms with van der Waals surface area (Å²) in [5.41, 5.74) is -5.28. The van der Waals surface area contributed by atoms with Crippen LogP contribution in [0.4, 0.5) is 22.0 Å². The van der Waals surface area contributed by atoms with Crippen LogP contribution in [0.3, 0.4) is 0 Å². The second-order valence-corrected chi connectivity index (χ2v) is 7.27. The predicted molar refractivity (Wildman–Crippen MR) is 88.2 cm³/mol. The van der Waals surface area contributed by atoms with Crippen molar-refractivity contribution in [2.24, 2.45) is 0 Å². The van der Waals surface area contributed by atoms with E-state index in [-0.39, 0.29) is 27.6 Å². The number of rotatable bonds is 3. The highest BCUT2D eigenvalue weighted by atomic mass is 35.5. The van der Waals surface area contributed by atoms with Gasteiger partial charge in [0.15, 0.2) is 0 Å². The molecule has 0 aromatic heterocycles. The quantitative estimate of drug-likeness (QED) is 0.499. The topological polar surface area (TPSA) is 53.2 Å². The van der Waals surface area contributed by atoms with Gasteiger partial charge < -0.3 is 9.84 Å². The average Bonchev–Trinajstić information content (AvgIpc) is 2.79. The molecule has 3 nitrogen and oxygen atoms in total. The molecular weight excluding hydrogens is 413 g/mol. The van der Waals surface area contributed by atoms with E-state index >= 15 is 0 Å². The maximum atomic E-state index is 14.0. The lowest BCUT2D eigenvalue weighted by atomic mass is 10.1. The van der Waals surface area contributed by atoms with E-state index in [1.807, 2.05) is 6.07 Å². The van der Waals surface area contributed by atoms with E-state index in [4.69, 9.17) is 21.6 Å². The number of hydrogen-bond donors (Lipinski definition) is 1. The summed E-state index contributed by atoms with van der Waals surface area (Å²) in [5, 5.41) is 19.0. The second kappa shape index (κ2) is 6.86. The fraction of sp³-hybridized carbons (Fsp3) is 0.235. The highest BCUT2D eigenvalue weighted by Gasteiger charge is 2.50. The van der Waals surface area contributed by atoms with Gasteiger partial charge in [-0.15, -0.1) is 0 Å². The molecule has 1 atom stereocenters. The molecule has 3 rings (SSSR count).